The third-order valence-electron chi connectivity index (χ3n) is 3.08. The fourth-order valence-corrected chi connectivity index (χ4v) is 2.10. The van der Waals surface area contributed by atoms with Crippen LogP contribution in [0.1, 0.15) is 5.56 Å². The number of para-hydroxylation sites is 2. The molecule has 18 heavy (non-hydrogen) atoms. The lowest BCUT2D eigenvalue weighted by atomic mass is 10.2. The monoisotopic (exact) mass is 235 g/mol. The van der Waals surface area contributed by atoms with Crippen LogP contribution in [-0.4, -0.2) is 4.57 Å². The first-order valence-electron chi connectivity index (χ1n) is 6.05. The summed E-state index contributed by atoms with van der Waals surface area (Å²) < 4.78 is 4.26. The van der Waals surface area contributed by atoms with Crippen LogP contribution in [0.3, 0.4) is 0 Å². The van der Waals surface area contributed by atoms with E-state index in [4.69, 9.17) is 0 Å². The van der Waals surface area contributed by atoms with E-state index in [2.05, 4.69) is 71.2 Å². The summed E-state index contributed by atoms with van der Waals surface area (Å²) in [5.41, 5.74) is 3.66. The van der Waals surface area contributed by atoms with Gasteiger partial charge in [0, 0.05) is 0 Å². The maximum Gasteiger partial charge on any atom is 0.254 e. The van der Waals surface area contributed by atoms with E-state index in [1.54, 1.807) is 0 Å². The molecule has 0 atom stereocenters. The molecule has 0 bridgehead atoms. The van der Waals surface area contributed by atoms with Gasteiger partial charge in [-0.2, -0.15) is 0 Å². The zero-order chi connectivity index (χ0) is 12.4. The molecule has 0 aliphatic heterocycles. The van der Waals surface area contributed by atoms with Gasteiger partial charge in [0.2, 0.25) is 0 Å². The summed E-state index contributed by atoms with van der Waals surface area (Å²) in [7, 11) is 0. The molecule has 0 amide bonds. The van der Waals surface area contributed by atoms with Crippen molar-refractivity contribution >= 4 is 0 Å². The molecule has 0 radical (unpaired) electrons. The Balaban J connectivity index is 2.03. The van der Waals surface area contributed by atoms with Gasteiger partial charge in [-0.1, -0.05) is 36.4 Å². The van der Waals surface area contributed by atoms with E-state index in [0.29, 0.717) is 0 Å². The Morgan fingerprint density at radius 2 is 1.61 bits per heavy atom. The standard InChI is InChI=1S/C16H15N2/c1-14-7-5-6-10-16(14)18-12-11-17(13-18)15-8-3-2-4-9-15/h2-13H,1H3/q+1. The summed E-state index contributed by atoms with van der Waals surface area (Å²) >= 11 is 0. The van der Waals surface area contributed by atoms with E-state index in [0.717, 1.165) is 0 Å². The van der Waals surface area contributed by atoms with Gasteiger partial charge in [0.1, 0.15) is 23.8 Å². The van der Waals surface area contributed by atoms with E-state index in [9.17, 15) is 0 Å². The van der Waals surface area contributed by atoms with Crippen molar-refractivity contribution in [2.45, 2.75) is 6.92 Å². The average Bonchev–Trinajstić information content (AvgIpc) is 2.90. The average molecular weight is 235 g/mol. The van der Waals surface area contributed by atoms with Crippen molar-refractivity contribution in [2.75, 3.05) is 0 Å². The fraction of sp³-hybridized carbons (Fsp3) is 0.0625. The highest BCUT2D eigenvalue weighted by Crippen LogP contribution is 2.09. The van der Waals surface area contributed by atoms with Crippen molar-refractivity contribution in [2.24, 2.45) is 0 Å². The van der Waals surface area contributed by atoms with Crippen molar-refractivity contribution in [1.29, 1.82) is 0 Å². The molecule has 0 saturated carbocycles. The molecular weight excluding hydrogens is 220 g/mol. The lowest BCUT2D eigenvalue weighted by Crippen LogP contribution is -2.28. The Hall–Kier alpha value is -2.35. The molecule has 2 aromatic carbocycles. The molecule has 0 aliphatic rings. The van der Waals surface area contributed by atoms with Gasteiger partial charge in [0.25, 0.3) is 6.33 Å². The van der Waals surface area contributed by atoms with Gasteiger partial charge in [0.05, 0.1) is 0 Å². The number of nitrogens with zero attached hydrogens (tertiary/aromatic N) is 2. The SMILES string of the molecule is Cc1ccccc1-[n+]1ccn(-c2ccccc2)c1. The molecule has 0 saturated heterocycles. The maximum atomic E-state index is 2.14. The Morgan fingerprint density at radius 1 is 0.889 bits per heavy atom. The second-order valence-corrected chi connectivity index (χ2v) is 4.35. The van der Waals surface area contributed by atoms with Crippen molar-refractivity contribution in [3.63, 3.8) is 0 Å². The summed E-state index contributed by atoms with van der Waals surface area (Å²) in [5.74, 6) is 0. The smallest absolute Gasteiger partial charge is 0.202 e. The molecule has 3 rings (SSSR count). The third-order valence-corrected chi connectivity index (χ3v) is 3.08. The summed E-state index contributed by atoms with van der Waals surface area (Å²) in [6.07, 6.45) is 6.24. The molecule has 3 aromatic rings. The second kappa shape index (κ2) is 4.49. The summed E-state index contributed by atoms with van der Waals surface area (Å²) in [5, 5.41) is 0. The summed E-state index contributed by atoms with van der Waals surface area (Å²) in [6, 6.07) is 18.7. The highest BCUT2D eigenvalue weighted by Gasteiger charge is 2.09. The topological polar surface area (TPSA) is 8.81 Å². The summed E-state index contributed by atoms with van der Waals surface area (Å²) in [4.78, 5) is 0. The molecule has 0 fully saturated rings. The molecule has 0 aliphatic carbocycles. The number of imidazole rings is 1. The van der Waals surface area contributed by atoms with Gasteiger partial charge < -0.3 is 0 Å². The van der Waals surface area contributed by atoms with E-state index in [-0.39, 0.29) is 0 Å². The predicted octanol–water partition coefficient (Wildman–Crippen LogP) is 3.06. The molecular formula is C16H15N2+. The molecule has 2 nitrogen and oxygen atoms in total. The van der Waals surface area contributed by atoms with Gasteiger partial charge in [-0.05, 0) is 30.7 Å². The zero-order valence-corrected chi connectivity index (χ0v) is 10.3. The minimum Gasteiger partial charge on any atom is -0.202 e. The first kappa shape index (κ1) is 10.8. The van der Waals surface area contributed by atoms with Gasteiger partial charge in [0.15, 0.2) is 0 Å². The van der Waals surface area contributed by atoms with Crippen LogP contribution in [0.25, 0.3) is 11.4 Å². The molecule has 0 spiro atoms. The predicted molar refractivity (Wildman–Crippen MR) is 72.0 cm³/mol. The normalized spacial score (nSPS) is 10.5. The van der Waals surface area contributed by atoms with Crippen LogP contribution in [0.2, 0.25) is 0 Å². The number of aryl methyl sites for hydroxylation is 1. The third kappa shape index (κ3) is 1.93. The maximum absolute atomic E-state index is 2.14. The van der Waals surface area contributed by atoms with Gasteiger partial charge in [-0.15, -0.1) is 0 Å². The van der Waals surface area contributed by atoms with Crippen LogP contribution in [0.4, 0.5) is 0 Å². The van der Waals surface area contributed by atoms with Crippen LogP contribution < -0.4 is 4.57 Å². The summed E-state index contributed by atoms with van der Waals surface area (Å²) in [6.45, 7) is 2.13. The minimum atomic E-state index is 1.17. The molecule has 0 unspecified atom stereocenters. The largest absolute Gasteiger partial charge is 0.254 e. The Morgan fingerprint density at radius 3 is 2.39 bits per heavy atom. The quantitative estimate of drug-likeness (QED) is 0.604. The number of aromatic nitrogens is 2. The Kier molecular flexibility index (Phi) is 2.69. The number of rotatable bonds is 2. The number of hydrogen-bond acceptors (Lipinski definition) is 0. The van der Waals surface area contributed by atoms with Gasteiger partial charge >= 0.3 is 0 Å². The highest BCUT2D eigenvalue weighted by molar-refractivity contribution is 5.33. The van der Waals surface area contributed by atoms with E-state index in [1.165, 1.54) is 16.9 Å². The van der Waals surface area contributed by atoms with E-state index in [1.807, 2.05) is 18.2 Å². The first-order valence-corrected chi connectivity index (χ1v) is 6.05. The first-order chi connectivity index (χ1) is 8.84. The van der Waals surface area contributed by atoms with Crippen LogP contribution in [0.5, 0.6) is 0 Å². The van der Waals surface area contributed by atoms with Gasteiger partial charge in [-0.3, -0.25) is 0 Å². The molecule has 1 heterocycles. The zero-order valence-electron chi connectivity index (χ0n) is 10.3. The number of hydrogen-bond donors (Lipinski definition) is 0. The van der Waals surface area contributed by atoms with Crippen LogP contribution >= 0.6 is 0 Å². The van der Waals surface area contributed by atoms with Crippen molar-refractivity contribution in [3.8, 4) is 11.4 Å². The van der Waals surface area contributed by atoms with E-state index >= 15 is 0 Å². The second-order valence-electron chi connectivity index (χ2n) is 4.35. The molecule has 0 N–H and O–H groups in total. The Labute approximate surface area is 107 Å². The molecule has 88 valence electrons. The fourth-order valence-electron chi connectivity index (χ4n) is 2.10. The van der Waals surface area contributed by atoms with Crippen molar-refractivity contribution in [1.82, 2.24) is 4.57 Å². The van der Waals surface area contributed by atoms with Gasteiger partial charge in [-0.25, -0.2) is 9.13 Å². The van der Waals surface area contributed by atoms with Crippen LogP contribution in [0.15, 0.2) is 73.3 Å². The Bertz CT molecular complexity index is 654. The van der Waals surface area contributed by atoms with Crippen LogP contribution in [0, 0.1) is 6.92 Å². The molecule has 1 aromatic heterocycles. The number of benzene rings is 2. The minimum absolute atomic E-state index is 1.17. The lowest BCUT2D eigenvalue weighted by molar-refractivity contribution is -0.595. The lowest BCUT2D eigenvalue weighted by Gasteiger charge is -1.99. The molecule has 2 heteroatoms. The van der Waals surface area contributed by atoms with Crippen molar-refractivity contribution < 1.29 is 4.57 Å². The van der Waals surface area contributed by atoms with Crippen molar-refractivity contribution in [3.05, 3.63) is 78.9 Å². The van der Waals surface area contributed by atoms with E-state index < -0.39 is 0 Å². The van der Waals surface area contributed by atoms with Crippen LogP contribution in [-0.2, 0) is 0 Å². The highest BCUT2D eigenvalue weighted by atomic mass is 15.1.